The molecule has 0 atom stereocenters. The first-order valence-corrected chi connectivity index (χ1v) is 9.56. The van der Waals surface area contributed by atoms with Crippen LogP contribution >= 0.6 is 0 Å². The molecular formula is C18H20F2O3S. The molecule has 0 N–H and O–H groups in total. The fourth-order valence-corrected chi connectivity index (χ4v) is 2.66. The molecule has 0 amide bonds. The van der Waals surface area contributed by atoms with Gasteiger partial charge in [-0.1, -0.05) is 17.7 Å². The maximum atomic E-state index is 13.5. The molecule has 0 bridgehead atoms. The maximum absolute atomic E-state index is 13.5. The van der Waals surface area contributed by atoms with Crippen molar-refractivity contribution in [3.63, 3.8) is 0 Å². The second-order valence-electron chi connectivity index (χ2n) is 6.02. The second kappa shape index (κ2) is 7.30. The van der Waals surface area contributed by atoms with Crippen LogP contribution in [0, 0.1) is 11.6 Å². The summed E-state index contributed by atoms with van der Waals surface area (Å²) < 4.78 is 54.6. The SMILES string of the molecule is CC(C)=C1C=C(c2ccc(F)c(F)c2)C=C(OCCS(C)(=O)=O)C1. The molecule has 0 saturated carbocycles. The summed E-state index contributed by atoms with van der Waals surface area (Å²) in [6.45, 7) is 3.97. The van der Waals surface area contributed by atoms with Gasteiger partial charge in [-0.25, -0.2) is 17.2 Å². The van der Waals surface area contributed by atoms with Crippen molar-refractivity contribution >= 4 is 15.4 Å². The Morgan fingerprint density at radius 2 is 1.88 bits per heavy atom. The summed E-state index contributed by atoms with van der Waals surface area (Å²) in [5, 5.41) is 0. The van der Waals surface area contributed by atoms with Crippen molar-refractivity contribution < 1.29 is 21.9 Å². The standard InChI is InChI=1S/C18H20F2O3S/c1-12(2)14-8-15(13-4-5-17(19)18(20)11-13)10-16(9-14)23-6-7-24(3,21)22/h4-5,8,10-11H,6-7,9H2,1-3H3. The largest absolute Gasteiger partial charge is 0.497 e. The Morgan fingerprint density at radius 3 is 2.46 bits per heavy atom. The lowest BCUT2D eigenvalue weighted by Gasteiger charge is -2.19. The second-order valence-corrected chi connectivity index (χ2v) is 8.28. The molecule has 0 aromatic heterocycles. The van der Waals surface area contributed by atoms with Crippen LogP contribution in [0.1, 0.15) is 25.8 Å². The molecule has 2 rings (SSSR count). The van der Waals surface area contributed by atoms with Crippen molar-refractivity contribution in [3.8, 4) is 0 Å². The predicted octanol–water partition coefficient (Wildman–Crippen LogP) is 4.03. The Morgan fingerprint density at radius 1 is 1.17 bits per heavy atom. The van der Waals surface area contributed by atoms with E-state index in [-0.39, 0.29) is 12.4 Å². The molecule has 0 aliphatic heterocycles. The zero-order chi connectivity index (χ0) is 17.9. The number of allylic oxidation sites excluding steroid dienone is 5. The van der Waals surface area contributed by atoms with Crippen LogP contribution in [-0.2, 0) is 14.6 Å². The lowest BCUT2D eigenvalue weighted by atomic mass is 9.93. The molecule has 0 radical (unpaired) electrons. The monoisotopic (exact) mass is 354 g/mol. The molecule has 0 fully saturated rings. The fraction of sp³-hybridized carbons (Fsp3) is 0.333. The van der Waals surface area contributed by atoms with Crippen molar-refractivity contribution in [1.82, 2.24) is 0 Å². The van der Waals surface area contributed by atoms with Gasteiger partial charge in [0.25, 0.3) is 0 Å². The lowest BCUT2D eigenvalue weighted by molar-refractivity contribution is 0.224. The van der Waals surface area contributed by atoms with Crippen LogP contribution in [0.5, 0.6) is 0 Å². The van der Waals surface area contributed by atoms with E-state index in [1.807, 2.05) is 19.9 Å². The van der Waals surface area contributed by atoms with Crippen molar-refractivity contribution in [1.29, 1.82) is 0 Å². The summed E-state index contributed by atoms with van der Waals surface area (Å²) in [7, 11) is -3.10. The lowest BCUT2D eigenvalue weighted by Crippen LogP contribution is -2.11. The number of rotatable bonds is 5. The van der Waals surface area contributed by atoms with Crippen LogP contribution in [0.15, 0.2) is 47.3 Å². The van der Waals surface area contributed by atoms with E-state index in [1.165, 1.54) is 6.07 Å². The van der Waals surface area contributed by atoms with Gasteiger partial charge in [-0.05, 0) is 48.8 Å². The summed E-state index contributed by atoms with van der Waals surface area (Å²) >= 11 is 0. The van der Waals surface area contributed by atoms with Crippen molar-refractivity contribution in [2.75, 3.05) is 18.6 Å². The van der Waals surface area contributed by atoms with Gasteiger partial charge in [-0.2, -0.15) is 0 Å². The van der Waals surface area contributed by atoms with Crippen LogP contribution in [0.4, 0.5) is 8.78 Å². The zero-order valence-corrected chi connectivity index (χ0v) is 14.7. The van der Waals surface area contributed by atoms with Crippen LogP contribution in [0.2, 0.25) is 0 Å². The Hall–Kier alpha value is -1.95. The number of hydrogen-bond acceptors (Lipinski definition) is 3. The molecule has 1 aromatic rings. The fourth-order valence-electron chi connectivity index (χ4n) is 2.27. The van der Waals surface area contributed by atoms with Crippen molar-refractivity contribution in [2.24, 2.45) is 0 Å². The van der Waals surface area contributed by atoms with Gasteiger partial charge in [-0.15, -0.1) is 0 Å². The average molecular weight is 354 g/mol. The van der Waals surface area contributed by atoms with Crippen molar-refractivity contribution in [2.45, 2.75) is 20.3 Å². The molecule has 24 heavy (non-hydrogen) atoms. The van der Waals surface area contributed by atoms with Gasteiger partial charge in [-0.3, -0.25) is 0 Å². The molecule has 3 nitrogen and oxygen atoms in total. The Labute approximate surface area is 141 Å². The average Bonchev–Trinajstić information content (AvgIpc) is 2.48. The number of halogens is 2. The number of sulfone groups is 1. The Bertz CT molecular complexity index is 830. The summed E-state index contributed by atoms with van der Waals surface area (Å²) in [4.78, 5) is 0. The van der Waals surface area contributed by atoms with Gasteiger partial charge in [0.2, 0.25) is 0 Å². The summed E-state index contributed by atoms with van der Waals surface area (Å²) in [5.74, 6) is -1.27. The van der Waals surface area contributed by atoms with Crippen LogP contribution in [-0.4, -0.2) is 27.0 Å². The Kier molecular flexibility index (Phi) is 5.59. The predicted molar refractivity (Wildman–Crippen MR) is 91.1 cm³/mol. The van der Waals surface area contributed by atoms with E-state index >= 15 is 0 Å². The minimum absolute atomic E-state index is 0.0613. The van der Waals surface area contributed by atoms with E-state index in [9.17, 15) is 17.2 Å². The van der Waals surface area contributed by atoms with E-state index in [0.717, 1.165) is 29.5 Å². The van der Waals surface area contributed by atoms with Gasteiger partial charge in [0, 0.05) is 12.7 Å². The highest BCUT2D eigenvalue weighted by molar-refractivity contribution is 7.90. The molecule has 0 spiro atoms. The molecule has 130 valence electrons. The highest BCUT2D eigenvalue weighted by atomic mass is 32.2. The summed E-state index contributed by atoms with van der Waals surface area (Å²) in [5.41, 5.74) is 3.32. The maximum Gasteiger partial charge on any atom is 0.159 e. The molecule has 0 heterocycles. The number of ether oxygens (including phenoxy) is 1. The van der Waals surface area contributed by atoms with E-state index < -0.39 is 21.5 Å². The van der Waals surface area contributed by atoms with E-state index in [4.69, 9.17) is 4.74 Å². The van der Waals surface area contributed by atoms with Crippen LogP contribution < -0.4 is 0 Å². The van der Waals surface area contributed by atoms with Gasteiger partial charge >= 0.3 is 0 Å². The first-order chi connectivity index (χ1) is 11.2. The van der Waals surface area contributed by atoms with Crippen molar-refractivity contribution in [3.05, 3.63) is 64.5 Å². The quantitative estimate of drug-likeness (QED) is 0.802. The third kappa shape index (κ3) is 5.03. The van der Waals surface area contributed by atoms with Crippen LogP contribution in [0.3, 0.4) is 0 Å². The van der Waals surface area contributed by atoms with E-state index in [2.05, 4.69) is 0 Å². The minimum atomic E-state index is -3.10. The Balaban J connectivity index is 2.29. The van der Waals surface area contributed by atoms with E-state index in [1.54, 1.807) is 6.08 Å². The number of hydrogen-bond donors (Lipinski definition) is 0. The molecule has 1 aromatic carbocycles. The molecule has 6 heteroatoms. The molecule has 1 aliphatic rings. The highest BCUT2D eigenvalue weighted by Gasteiger charge is 2.15. The molecule has 1 aliphatic carbocycles. The first kappa shape index (κ1) is 18.4. The van der Waals surface area contributed by atoms with Gasteiger partial charge in [0.15, 0.2) is 21.5 Å². The topological polar surface area (TPSA) is 43.4 Å². The minimum Gasteiger partial charge on any atom is -0.497 e. The normalized spacial score (nSPS) is 15.0. The van der Waals surface area contributed by atoms with Gasteiger partial charge in [0.1, 0.15) is 12.4 Å². The summed E-state index contributed by atoms with van der Waals surface area (Å²) in [6, 6.07) is 3.73. The number of benzene rings is 1. The smallest absolute Gasteiger partial charge is 0.159 e. The van der Waals surface area contributed by atoms with Gasteiger partial charge in [0.05, 0.1) is 5.75 Å². The first-order valence-electron chi connectivity index (χ1n) is 7.50. The van der Waals surface area contributed by atoms with Crippen LogP contribution in [0.25, 0.3) is 5.57 Å². The molecular weight excluding hydrogens is 334 g/mol. The third-order valence-electron chi connectivity index (χ3n) is 3.65. The molecule has 0 saturated heterocycles. The highest BCUT2D eigenvalue weighted by Crippen LogP contribution is 2.31. The summed E-state index contributed by atoms with van der Waals surface area (Å²) in [6.07, 6.45) is 5.34. The third-order valence-corrected chi connectivity index (χ3v) is 4.56. The molecule has 0 unspecified atom stereocenters. The van der Waals surface area contributed by atoms with Gasteiger partial charge < -0.3 is 4.74 Å². The van der Waals surface area contributed by atoms with E-state index in [0.29, 0.717) is 23.3 Å². The zero-order valence-electron chi connectivity index (χ0n) is 13.9.